The Kier molecular flexibility index (Phi) is 4.96. The van der Waals surface area contributed by atoms with E-state index >= 15 is 0 Å². The predicted molar refractivity (Wildman–Crippen MR) is 62.3 cm³/mol. The second-order valence-corrected chi connectivity index (χ2v) is 3.76. The highest BCUT2D eigenvalue weighted by atomic mass is 32.2. The van der Waals surface area contributed by atoms with Crippen LogP contribution in [-0.4, -0.2) is 40.6 Å². The number of nitrogens with two attached hydrogens (primary N) is 1. The van der Waals surface area contributed by atoms with Crippen LogP contribution in [0.25, 0.3) is 0 Å². The minimum Gasteiger partial charge on any atom is -0.467 e. The summed E-state index contributed by atoms with van der Waals surface area (Å²) in [5, 5.41) is 3.06. The molecule has 15 heavy (non-hydrogen) atoms. The standard InChI is InChI=1S/C8H15N5OS/c1-14-8-12-6(9)11-7(13-8)10-4-3-5-15-2/h3-5H2,1-2H3,(H3,9,10,11,12,13). The fraction of sp³-hybridized carbons (Fsp3) is 0.625. The number of methoxy groups -OCH3 is 1. The van der Waals surface area contributed by atoms with Crippen LogP contribution in [0, 0.1) is 0 Å². The lowest BCUT2D eigenvalue weighted by atomic mass is 10.5. The number of aromatic nitrogens is 3. The molecule has 0 saturated heterocycles. The van der Waals surface area contributed by atoms with Crippen LogP contribution in [-0.2, 0) is 0 Å². The zero-order valence-corrected chi connectivity index (χ0v) is 9.67. The Hall–Kier alpha value is -1.24. The van der Waals surface area contributed by atoms with Crippen molar-refractivity contribution in [3.8, 4) is 6.01 Å². The van der Waals surface area contributed by atoms with Crippen LogP contribution < -0.4 is 15.8 Å². The summed E-state index contributed by atoms with van der Waals surface area (Å²) in [7, 11) is 1.49. The zero-order chi connectivity index (χ0) is 11.1. The Morgan fingerprint density at radius 3 is 2.87 bits per heavy atom. The van der Waals surface area contributed by atoms with Crippen LogP contribution >= 0.6 is 11.8 Å². The largest absolute Gasteiger partial charge is 0.467 e. The van der Waals surface area contributed by atoms with Crippen molar-refractivity contribution in [2.75, 3.05) is 36.7 Å². The zero-order valence-electron chi connectivity index (χ0n) is 8.86. The summed E-state index contributed by atoms with van der Waals surface area (Å²) in [5.41, 5.74) is 5.48. The summed E-state index contributed by atoms with van der Waals surface area (Å²) >= 11 is 1.81. The first-order valence-electron chi connectivity index (χ1n) is 4.54. The summed E-state index contributed by atoms with van der Waals surface area (Å²) in [6.45, 7) is 0.813. The third kappa shape index (κ3) is 4.20. The number of hydrogen-bond donors (Lipinski definition) is 2. The van der Waals surface area contributed by atoms with E-state index in [-0.39, 0.29) is 12.0 Å². The fourth-order valence-electron chi connectivity index (χ4n) is 0.959. The van der Waals surface area contributed by atoms with Crippen molar-refractivity contribution in [3.63, 3.8) is 0 Å². The molecule has 0 unspecified atom stereocenters. The Balaban J connectivity index is 2.49. The molecule has 1 rings (SSSR count). The van der Waals surface area contributed by atoms with Crippen LogP contribution in [0.4, 0.5) is 11.9 Å². The molecule has 0 atom stereocenters. The minimum atomic E-state index is 0.161. The molecule has 0 aromatic carbocycles. The van der Waals surface area contributed by atoms with Gasteiger partial charge in [0.2, 0.25) is 11.9 Å². The van der Waals surface area contributed by atoms with Gasteiger partial charge in [-0.25, -0.2) is 0 Å². The predicted octanol–water partition coefficient (Wildman–Crippen LogP) is 0.627. The molecule has 1 heterocycles. The molecule has 0 amide bonds. The van der Waals surface area contributed by atoms with Gasteiger partial charge in [0.05, 0.1) is 7.11 Å². The highest BCUT2D eigenvalue weighted by Crippen LogP contribution is 2.08. The number of anilines is 2. The van der Waals surface area contributed by atoms with Crippen LogP contribution in [0.5, 0.6) is 6.01 Å². The molecule has 7 heteroatoms. The van der Waals surface area contributed by atoms with Gasteiger partial charge >= 0.3 is 6.01 Å². The molecule has 1 aromatic heterocycles. The lowest BCUT2D eigenvalue weighted by Crippen LogP contribution is -2.09. The Morgan fingerprint density at radius 2 is 2.20 bits per heavy atom. The smallest absolute Gasteiger partial charge is 0.322 e. The Labute approximate surface area is 93.0 Å². The van der Waals surface area contributed by atoms with Crippen LogP contribution in [0.3, 0.4) is 0 Å². The SMILES string of the molecule is COc1nc(N)nc(NCCCSC)n1. The quantitative estimate of drug-likeness (QED) is 0.692. The van der Waals surface area contributed by atoms with Gasteiger partial charge in [0, 0.05) is 6.54 Å². The van der Waals surface area contributed by atoms with Crippen LogP contribution in [0.1, 0.15) is 6.42 Å². The number of nitrogens with one attached hydrogen (secondary N) is 1. The lowest BCUT2D eigenvalue weighted by Gasteiger charge is -2.05. The Bertz CT molecular complexity index is 309. The maximum absolute atomic E-state index is 5.48. The number of nitrogens with zero attached hydrogens (tertiary/aromatic N) is 3. The second-order valence-electron chi connectivity index (χ2n) is 2.78. The summed E-state index contributed by atoms with van der Waals surface area (Å²) < 4.78 is 4.88. The fourth-order valence-corrected chi connectivity index (χ4v) is 1.39. The molecule has 6 nitrogen and oxygen atoms in total. The van der Waals surface area contributed by atoms with Gasteiger partial charge in [-0.2, -0.15) is 26.7 Å². The van der Waals surface area contributed by atoms with E-state index in [4.69, 9.17) is 10.5 Å². The molecule has 0 bridgehead atoms. The molecular formula is C8H15N5OS. The molecule has 84 valence electrons. The van der Waals surface area contributed by atoms with E-state index < -0.39 is 0 Å². The average molecular weight is 229 g/mol. The van der Waals surface area contributed by atoms with E-state index in [1.807, 2.05) is 0 Å². The highest BCUT2D eigenvalue weighted by molar-refractivity contribution is 7.98. The van der Waals surface area contributed by atoms with E-state index in [1.165, 1.54) is 7.11 Å². The van der Waals surface area contributed by atoms with Crippen molar-refractivity contribution >= 4 is 23.7 Å². The van der Waals surface area contributed by atoms with Crippen LogP contribution in [0.15, 0.2) is 0 Å². The van der Waals surface area contributed by atoms with E-state index in [1.54, 1.807) is 11.8 Å². The van der Waals surface area contributed by atoms with E-state index in [0.717, 1.165) is 18.7 Å². The number of ether oxygens (including phenoxy) is 1. The molecule has 0 aliphatic heterocycles. The molecule has 0 saturated carbocycles. The van der Waals surface area contributed by atoms with Crippen molar-refractivity contribution in [1.82, 2.24) is 15.0 Å². The second kappa shape index (κ2) is 6.28. The first kappa shape index (κ1) is 11.8. The molecule has 1 aromatic rings. The minimum absolute atomic E-state index is 0.161. The molecule has 0 aliphatic rings. The summed E-state index contributed by atoms with van der Waals surface area (Å²) in [6, 6.07) is 0.231. The average Bonchev–Trinajstić information content (AvgIpc) is 2.23. The number of rotatable bonds is 6. The number of nitrogen functional groups attached to an aromatic ring is 1. The topological polar surface area (TPSA) is 86.0 Å². The molecule has 0 spiro atoms. The maximum atomic E-state index is 5.48. The van der Waals surface area contributed by atoms with Gasteiger partial charge < -0.3 is 15.8 Å². The third-order valence-corrected chi connectivity index (χ3v) is 2.32. The van der Waals surface area contributed by atoms with Gasteiger partial charge in [-0.05, 0) is 18.4 Å². The molecule has 0 fully saturated rings. The van der Waals surface area contributed by atoms with E-state index in [2.05, 4.69) is 26.5 Å². The van der Waals surface area contributed by atoms with Gasteiger partial charge in [0.25, 0.3) is 0 Å². The summed E-state index contributed by atoms with van der Waals surface area (Å²) in [5.74, 6) is 1.72. The first-order chi connectivity index (χ1) is 7.26. The Morgan fingerprint density at radius 1 is 1.40 bits per heavy atom. The van der Waals surface area contributed by atoms with Crippen LogP contribution in [0.2, 0.25) is 0 Å². The van der Waals surface area contributed by atoms with Gasteiger partial charge in [0.1, 0.15) is 0 Å². The molecular weight excluding hydrogens is 214 g/mol. The van der Waals surface area contributed by atoms with Crippen molar-refractivity contribution < 1.29 is 4.74 Å². The normalized spacial score (nSPS) is 10.0. The van der Waals surface area contributed by atoms with Gasteiger partial charge in [-0.3, -0.25) is 0 Å². The molecule has 3 N–H and O–H groups in total. The van der Waals surface area contributed by atoms with Gasteiger partial charge in [0.15, 0.2) is 0 Å². The van der Waals surface area contributed by atoms with Gasteiger partial charge in [-0.15, -0.1) is 0 Å². The van der Waals surface area contributed by atoms with Crippen molar-refractivity contribution in [1.29, 1.82) is 0 Å². The van der Waals surface area contributed by atoms with E-state index in [9.17, 15) is 0 Å². The molecule has 0 aliphatic carbocycles. The third-order valence-electron chi connectivity index (χ3n) is 1.62. The van der Waals surface area contributed by atoms with Crippen molar-refractivity contribution in [3.05, 3.63) is 0 Å². The molecule has 0 radical (unpaired) electrons. The summed E-state index contributed by atoms with van der Waals surface area (Å²) in [6.07, 6.45) is 3.12. The van der Waals surface area contributed by atoms with Crippen molar-refractivity contribution in [2.45, 2.75) is 6.42 Å². The first-order valence-corrected chi connectivity index (χ1v) is 5.94. The highest BCUT2D eigenvalue weighted by Gasteiger charge is 2.02. The maximum Gasteiger partial charge on any atom is 0.322 e. The number of hydrogen-bond acceptors (Lipinski definition) is 7. The lowest BCUT2D eigenvalue weighted by molar-refractivity contribution is 0.379. The van der Waals surface area contributed by atoms with Crippen molar-refractivity contribution in [2.24, 2.45) is 0 Å². The monoisotopic (exact) mass is 229 g/mol. The van der Waals surface area contributed by atoms with Gasteiger partial charge in [-0.1, -0.05) is 0 Å². The van der Waals surface area contributed by atoms with E-state index in [0.29, 0.717) is 5.95 Å². The number of thioether (sulfide) groups is 1. The summed E-state index contributed by atoms with van der Waals surface area (Å²) in [4.78, 5) is 11.7.